The van der Waals surface area contributed by atoms with E-state index in [9.17, 15) is 9.59 Å². The lowest BCUT2D eigenvalue weighted by Crippen LogP contribution is -2.47. The number of piperidine rings is 1. The van der Waals surface area contributed by atoms with E-state index in [1.54, 1.807) is 18.2 Å². The SMILES string of the molecule is CC1CC(C(=O)O)CN(C(=O)Nc2ccc(Br)cc2Cl)C1. The van der Waals surface area contributed by atoms with Crippen LogP contribution < -0.4 is 5.32 Å². The zero-order valence-electron chi connectivity index (χ0n) is 11.5. The maximum absolute atomic E-state index is 12.3. The summed E-state index contributed by atoms with van der Waals surface area (Å²) in [5.74, 6) is -1.22. The van der Waals surface area contributed by atoms with Gasteiger partial charge in [-0.3, -0.25) is 4.79 Å². The molecule has 1 aromatic carbocycles. The topological polar surface area (TPSA) is 69.6 Å². The van der Waals surface area contributed by atoms with Gasteiger partial charge in [-0.1, -0.05) is 34.5 Å². The summed E-state index contributed by atoms with van der Waals surface area (Å²) in [7, 11) is 0. The number of amides is 2. The minimum atomic E-state index is -0.860. The summed E-state index contributed by atoms with van der Waals surface area (Å²) < 4.78 is 0.822. The van der Waals surface area contributed by atoms with Crippen LogP contribution in [-0.4, -0.2) is 35.1 Å². The number of benzene rings is 1. The van der Waals surface area contributed by atoms with Crippen LogP contribution in [-0.2, 0) is 4.79 Å². The highest BCUT2D eigenvalue weighted by atomic mass is 79.9. The van der Waals surface area contributed by atoms with Crippen molar-refractivity contribution in [2.75, 3.05) is 18.4 Å². The fourth-order valence-corrected chi connectivity index (χ4v) is 3.20. The van der Waals surface area contributed by atoms with Crippen LogP contribution in [0.15, 0.2) is 22.7 Å². The molecule has 1 fully saturated rings. The van der Waals surface area contributed by atoms with Gasteiger partial charge in [0, 0.05) is 17.6 Å². The van der Waals surface area contributed by atoms with Crippen molar-refractivity contribution >= 4 is 45.2 Å². The second-order valence-corrected chi connectivity index (χ2v) is 6.66. The molecule has 2 rings (SSSR count). The Morgan fingerprint density at radius 3 is 2.76 bits per heavy atom. The Labute approximate surface area is 136 Å². The molecule has 2 unspecified atom stereocenters. The molecule has 0 saturated carbocycles. The van der Waals surface area contributed by atoms with Crippen LogP contribution in [0.4, 0.5) is 10.5 Å². The first-order chi connectivity index (χ1) is 9.86. The minimum absolute atomic E-state index is 0.158. The molecule has 1 aliphatic heterocycles. The number of nitrogens with zero attached hydrogens (tertiary/aromatic N) is 1. The van der Waals surface area contributed by atoms with Crippen molar-refractivity contribution in [2.24, 2.45) is 11.8 Å². The van der Waals surface area contributed by atoms with E-state index in [0.717, 1.165) is 4.47 Å². The first-order valence-corrected chi connectivity index (χ1v) is 7.77. The molecule has 21 heavy (non-hydrogen) atoms. The number of nitrogens with one attached hydrogen (secondary N) is 1. The number of anilines is 1. The highest BCUT2D eigenvalue weighted by Gasteiger charge is 2.32. The monoisotopic (exact) mass is 374 g/mol. The molecular formula is C14H16BrClN2O3. The van der Waals surface area contributed by atoms with Gasteiger partial charge in [0.05, 0.1) is 16.6 Å². The van der Waals surface area contributed by atoms with E-state index >= 15 is 0 Å². The molecule has 114 valence electrons. The van der Waals surface area contributed by atoms with Gasteiger partial charge in [-0.15, -0.1) is 0 Å². The molecule has 0 aromatic heterocycles. The number of halogens is 2. The molecule has 1 saturated heterocycles. The number of hydrogen-bond acceptors (Lipinski definition) is 2. The van der Waals surface area contributed by atoms with Gasteiger partial charge in [0.15, 0.2) is 0 Å². The fourth-order valence-electron chi connectivity index (χ4n) is 2.48. The lowest BCUT2D eigenvalue weighted by Gasteiger charge is -2.34. The summed E-state index contributed by atoms with van der Waals surface area (Å²) in [6.07, 6.45) is 0.595. The van der Waals surface area contributed by atoms with E-state index in [1.165, 1.54) is 4.90 Å². The number of carbonyl (C=O) groups is 2. The second-order valence-electron chi connectivity index (χ2n) is 5.34. The zero-order chi connectivity index (χ0) is 15.6. The van der Waals surface area contributed by atoms with Crippen molar-refractivity contribution in [3.63, 3.8) is 0 Å². The van der Waals surface area contributed by atoms with Crippen LogP contribution in [0.25, 0.3) is 0 Å². The number of carboxylic acid groups (broad SMARTS) is 1. The van der Waals surface area contributed by atoms with Crippen molar-refractivity contribution in [2.45, 2.75) is 13.3 Å². The minimum Gasteiger partial charge on any atom is -0.481 e. The van der Waals surface area contributed by atoms with Gasteiger partial charge in [0.2, 0.25) is 0 Å². The van der Waals surface area contributed by atoms with Crippen LogP contribution in [0.1, 0.15) is 13.3 Å². The first-order valence-electron chi connectivity index (χ1n) is 6.60. The van der Waals surface area contributed by atoms with E-state index in [4.69, 9.17) is 16.7 Å². The van der Waals surface area contributed by atoms with E-state index in [2.05, 4.69) is 21.2 Å². The Kier molecular flexibility index (Phi) is 5.11. The van der Waals surface area contributed by atoms with Crippen molar-refractivity contribution in [1.82, 2.24) is 4.90 Å². The van der Waals surface area contributed by atoms with Crippen molar-refractivity contribution in [3.8, 4) is 0 Å². The average molecular weight is 376 g/mol. The lowest BCUT2D eigenvalue weighted by molar-refractivity contribution is -0.143. The van der Waals surface area contributed by atoms with Gasteiger partial charge in [-0.2, -0.15) is 0 Å². The van der Waals surface area contributed by atoms with Crippen LogP contribution in [0.5, 0.6) is 0 Å². The first kappa shape index (κ1) is 16.1. The smallest absolute Gasteiger partial charge is 0.321 e. The number of rotatable bonds is 2. The Hall–Kier alpha value is -1.27. The van der Waals surface area contributed by atoms with E-state index < -0.39 is 11.9 Å². The number of carboxylic acids is 1. The third-order valence-corrected chi connectivity index (χ3v) is 4.27. The standard InChI is InChI=1S/C14H16BrClN2O3/c1-8-4-9(13(19)20)7-18(6-8)14(21)17-12-3-2-10(15)5-11(12)16/h2-3,5,8-9H,4,6-7H2,1H3,(H,17,21)(H,19,20). The Morgan fingerprint density at radius 2 is 2.14 bits per heavy atom. The molecule has 1 heterocycles. The summed E-state index contributed by atoms with van der Waals surface area (Å²) in [6, 6.07) is 4.85. The van der Waals surface area contributed by atoms with Crippen molar-refractivity contribution in [1.29, 1.82) is 0 Å². The molecule has 1 aromatic rings. The Balaban J connectivity index is 2.07. The number of aliphatic carboxylic acids is 1. The summed E-state index contributed by atoms with van der Waals surface area (Å²) >= 11 is 9.36. The predicted molar refractivity (Wildman–Crippen MR) is 84.7 cm³/mol. The van der Waals surface area contributed by atoms with Crippen LogP contribution in [0.3, 0.4) is 0 Å². The number of likely N-dealkylation sites (tertiary alicyclic amines) is 1. The Bertz CT molecular complexity index is 567. The third kappa shape index (κ3) is 4.11. The van der Waals surface area contributed by atoms with Gasteiger partial charge < -0.3 is 15.3 Å². The second kappa shape index (κ2) is 6.66. The van der Waals surface area contributed by atoms with E-state index in [0.29, 0.717) is 23.7 Å². The molecule has 2 amide bonds. The molecule has 5 nitrogen and oxygen atoms in total. The molecule has 2 atom stereocenters. The predicted octanol–water partition coefficient (Wildman–Crippen LogP) is 3.68. The summed E-state index contributed by atoms with van der Waals surface area (Å²) in [6.45, 7) is 2.71. The van der Waals surface area contributed by atoms with Crippen molar-refractivity contribution in [3.05, 3.63) is 27.7 Å². The molecule has 0 aliphatic carbocycles. The molecular weight excluding hydrogens is 360 g/mol. The molecule has 7 heteroatoms. The normalized spacial score (nSPS) is 22.0. The van der Waals surface area contributed by atoms with Gasteiger partial charge in [0.1, 0.15) is 0 Å². The maximum atomic E-state index is 12.3. The summed E-state index contributed by atoms with van der Waals surface area (Å²) in [4.78, 5) is 24.9. The van der Waals surface area contributed by atoms with Crippen LogP contribution >= 0.6 is 27.5 Å². The summed E-state index contributed by atoms with van der Waals surface area (Å²) in [5.41, 5.74) is 0.509. The highest BCUT2D eigenvalue weighted by Crippen LogP contribution is 2.27. The van der Waals surface area contributed by atoms with Crippen LogP contribution in [0.2, 0.25) is 5.02 Å². The maximum Gasteiger partial charge on any atom is 0.321 e. The molecule has 2 N–H and O–H groups in total. The van der Waals surface area contributed by atoms with Gasteiger partial charge >= 0.3 is 12.0 Å². The van der Waals surface area contributed by atoms with Gasteiger partial charge in [0.25, 0.3) is 0 Å². The quantitative estimate of drug-likeness (QED) is 0.828. The lowest BCUT2D eigenvalue weighted by atomic mass is 9.91. The highest BCUT2D eigenvalue weighted by molar-refractivity contribution is 9.10. The number of urea groups is 1. The van der Waals surface area contributed by atoms with Gasteiger partial charge in [-0.25, -0.2) is 4.79 Å². The number of hydrogen-bond donors (Lipinski definition) is 2. The summed E-state index contributed by atoms with van der Waals surface area (Å²) in [5, 5.41) is 12.3. The van der Waals surface area contributed by atoms with E-state index in [1.807, 2.05) is 6.92 Å². The Morgan fingerprint density at radius 1 is 1.43 bits per heavy atom. The largest absolute Gasteiger partial charge is 0.481 e. The van der Waals surface area contributed by atoms with Crippen LogP contribution in [0, 0.1) is 11.8 Å². The van der Waals surface area contributed by atoms with Crippen molar-refractivity contribution < 1.29 is 14.7 Å². The zero-order valence-corrected chi connectivity index (χ0v) is 13.8. The number of carbonyl (C=O) groups excluding carboxylic acids is 1. The fraction of sp³-hybridized carbons (Fsp3) is 0.429. The third-order valence-electron chi connectivity index (χ3n) is 3.47. The van der Waals surface area contributed by atoms with Gasteiger partial charge in [-0.05, 0) is 30.5 Å². The molecule has 0 spiro atoms. The van der Waals surface area contributed by atoms with E-state index in [-0.39, 0.29) is 18.5 Å². The average Bonchev–Trinajstić information content (AvgIpc) is 2.41. The molecule has 1 aliphatic rings. The molecule has 0 bridgehead atoms. The molecule has 0 radical (unpaired) electrons.